The Hall–Kier alpha value is -1.84. The Kier molecular flexibility index (Phi) is 8.93. The number of sulfonamides is 1. The van der Waals surface area contributed by atoms with Crippen LogP contribution < -0.4 is 4.74 Å². The van der Waals surface area contributed by atoms with Gasteiger partial charge in [-0.15, -0.1) is 0 Å². The number of halogens is 1. The summed E-state index contributed by atoms with van der Waals surface area (Å²) in [6.45, 7) is 6.76. The molecule has 1 aliphatic heterocycles. The largest absolute Gasteiger partial charge is 0.482 e. The number of amides is 1. The van der Waals surface area contributed by atoms with E-state index in [0.717, 1.165) is 0 Å². The minimum Gasteiger partial charge on any atom is -0.482 e. The molecular weight excluding hydrogens is 432 g/mol. The minimum atomic E-state index is -3.80. The molecule has 1 aromatic carbocycles. The molecule has 0 unspecified atom stereocenters. The number of nitrogens with zero attached hydrogens (tertiary/aromatic N) is 2. The summed E-state index contributed by atoms with van der Waals surface area (Å²) in [6.07, 6.45) is 1.07. The average molecular weight is 461 g/mol. The smallest absolute Gasteiger partial charge is 0.309 e. The van der Waals surface area contributed by atoms with Crippen molar-refractivity contribution in [1.29, 1.82) is 0 Å². The zero-order chi connectivity index (χ0) is 22.3. The monoisotopic (exact) mass is 460 g/mol. The molecule has 0 radical (unpaired) electrons. The van der Waals surface area contributed by atoms with Gasteiger partial charge in [-0.05, 0) is 38.0 Å². The molecule has 1 fully saturated rings. The van der Waals surface area contributed by atoms with Crippen molar-refractivity contribution >= 4 is 33.5 Å². The summed E-state index contributed by atoms with van der Waals surface area (Å²) in [5.74, 6) is -0.607. The Morgan fingerprint density at radius 3 is 2.37 bits per heavy atom. The molecule has 8 nitrogen and oxygen atoms in total. The number of piperidine rings is 1. The number of esters is 1. The molecule has 1 aliphatic rings. The van der Waals surface area contributed by atoms with Crippen LogP contribution in [0.5, 0.6) is 5.75 Å². The van der Waals surface area contributed by atoms with Gasteiger partial charge in [-0.1, -0.05) is 25.4 Å². The summed E-state index contributed by atoms with van der Waals surface area (Å²) in [6, 6.07) is 4.31. The lowest BCUT2D eigenvalue weighted by atomic mass is 9.97. The molecule has 1 amide bonds. The fraction of sp³-hybridized carbons (Fsp3) is 0.600. The van der Waals surface area contributed by atoms with Crippen LogP contribution in [0, 0.1) is 5.92 Å². The maximum atomic E-state index is 12.9. The second-order valence-corrected chi connectivity index (χ2v) is 9.22. The predicted molar refractivity (Wildman–Crippen MR) is 113 cm³/mol. The lowest BCUT2D eigenvalue weighted by Gasteiger charge is -2.31. The van der Waals surface area contributed by atoms with Crippen molar-refractivity contribution in [3.63, 3.8) is 0 Å². The van der Waals surface area contributed by atoms with Crippen LogP contribution in [0.15, 0.2) is 23.1 Å². The van der Waals surface area contributed by atoms with Crippen LogP contribution in [-0.2, 0) is 24.3 Å². The summed E-state index contributed by atoms with van der Waals surface area (Å²) >= 11 is 6.01. The van der Waals surface area contributed by atoms with E-state index in [-0.39, 0.29) is 40.1 Å². The lowest BCUT2D eigenvalue weighted by Crippen LogP contribution is -2.42. The second-order valence-electron chi connectivity index (χ2n) is 6.88. The summed E-state index contributed by atoms with van der Waals surface area (Å²) in [5.41, 5.74) is 0. The van der Waals surface area contributed by atoms with Crippen molar-refractivity contribution in [2.24, 2.45) is 5.92 Å². The Morgan fingerprint density at radius 2 is 1.80 bits per heavy atom. The number of ether oxygens (including phenoxy) is 2. The van der Waals surface area contributed by atoms with E-state index >= 15 is 0 Å². The van der Waals surface area contributed by atoms with Gasteiger partial charge in [0.05, 0.1) is 12.5 Å². The Labute approximate surface area is 183 Å². The lowest BCUT2D eigenvalue weighted by molar-refractivity contribution is -0.151. The summed E-state index contributed by atoms with van der Waals surface area (Å²) < 4.78 is 37.8. The van der Waals surface area contributed by atoms with Crippen molar-refractivity contribution in [2.75, 3.05) is 39.4 Å². The van der Waals surface area contributed by atoms with E-state index in [1.165, 1.54) is 22.5 Å². The number of hydrogen-bond acceptors (Lipinski definition) is 6. The SMILES string of the molecule is CCOC(=O)C1CCN(C(=O)COc2ccc(Cl)cc2S(=O)(=O)N(CC)CC)CC1. The summed E-state index contributed by atoms with van der Waals surface area (Å²) in [7, 11) is -3.80. The molecule has 0 saturated carbocycles. The molecule has 30 heavy (non-hydrogen) atoms. The van der Waals surface area contributed by atoms with Gasteiger partial charge in [0.15, 0.2) is 6.61 Å². The summed E-state index contributed by atoms with van der Waals surface area (Å²) in [4.78, 5) is 25.9. The molecule has 168 valence electrons. The fourth-order valence-corrected chi connectivity index (χ4v) is 5.21. The van der Waals surface area contributed by atoms with Crippen LogP contribution in [0.3, 0.4) is 0 Å². The molecule has 0 aliphatic carbocycles. The third-order valence-electron chi connectivity index (χ3n) is 5.05. The van der Waals surface area contributed by atoms with Crippen LogP contribution in [0.25, 0.3) is 0 Å². The van der Waals surface area contributed by atoms with Crippen LogP contribution in [0.2, 0.25) is 5.02 Å². The zero-order valence-corrected chi connectivity index (χ0v) is 19.2. The van der Waals surface area contributed by atoms with Gasteiger partial charge in [0.25, 0.3) is 5.91 Å². The highest BCUT2D eigenvalue weighted by atomic mass is 35.5. The first-order valence-electron chi connectivity index (χ1n) is 10.1. The first-order valence-corrected chi connectivity index (χ1v) is 11.9. The van der Waals surface area contributed by atoms with Gasteiger partial charge in [-0.2, -0.15) is 4.31 Å². The summed E-state index contributed by atoms with van der Waals surface area (Å²) in [5, 5.41) is 0.264. The Bertz CT molecular complexity index is 849. The molecule has 0 atom stereocenters. The van der Waals surface area contributed by atoms with E-state index in [0.29, 0.717) is 45.6 Å². The van der Waals surface area contributed by atoms with E-state index in [1.807, 2.05) is 0 Å². The number of carbonyl (C=O) groups is 2. The molecule has 0 N–H and O–H groups in total. The highest BCUT2D eigenvalue weighted by Gasteiger charge is 2.29. The van der Waals surface area contributed by atoms with Gasteiger partial charge in [0, 0.05) is 31.2 Å². The van der Waals surface area contributed by atoms with Gasteiger partial charge in [0.2, 0.25) is 10.0 Å². The van der Waals surface area contributed by atoms with E-state index in [2.05, 4.69) is 0 Å². The predicted octanol–water partition coefficient (Wildman–Crippen LogP) is 2.55. The average Bonchev–Trinajstić information content (AvgIpc) is 2.73. The van der Waals surface area contributed by atoms with Crippen LogP contribution in [0.4, 0.5) is 0 Å². The van der Waals surface area contributed by atoms with E-state index in [4.69, 9.17) is 21.1 Å². The van der Waals surface area contributed by atoms with Crippen molar-refractivity contribution in [1.82, 2.24) is 9.21 Å². The third kappa shape index (κ3) is 5.86. The topological polar surface area (TPSA) is 93.2 Å². The number of hydrogen-bond donors (Lipinski definition) is 0. The molecule has 0 spiro atoms. The molecule has 1 heterocycles. The molecule has 1 aromatic rings. The quantitative estimate of drug-likeness (QED) is 0.526. The normalized spacial score (nSPS) is 15.3. The van der Waals surface area contributed by atoms with Crippen molar-refractivity contribution < 1.29 is 27.5 Å². The highest BCUT2D eigenvalue weighted by molar-refractivity contribution is 7.89. The fourth-order valence-electron chi connectivity index (χ4n) is 3.36. The maximum absolute atomic E-state index is 12.9. The van der Waals surface area contributed by atoms with Gasteiger partial charge < -0.3 is 14.4 Å². The molecule has 0 bridgehead atoms. The van der Waals surface area contributed by atoms with Gasteiger partial charge in [0.1, 0.15) is 10.6 Å². The van der Waals surface area contributed by atoms with Crippen LogP contribution >= 0.6 is 11.6 Å². The second kappa shape index (κ2) is 11.0. The number of carbonyl (C=O) groups excluding carboxylic acids is 2. The maximum Gasteiger partial charge on any atom is 0.309 e. The molecule has 10 heteroatoms. The molecule has 2 rings (SSSR count). The standard InChI is InChI=1S/C20H29ClN2O6S/c1-4-23(5-2)30(26,27)18-13-16(21)7-8-17(18)29-14-19(24)22-11-9-15(10-12-22)20(25)28-6-3/h7-8,13,15H,4-6,9-12,14H2,1-3H3. The number of benzene rings is 1. The Morgan fingerprint density at radius 1 is 1.17 bits per heavy atom. The molecule has 1 saturated heterocycles. The van der Waals surface area contributed by atoms with Crippen LogP contribution in [-0.4, -0.2) is 68.9 Å². The van der Waals surface area contributed by atoms with Crippen molar-refractivity contribution in [3.8, 4) is 5.75 Å². The van der Waals surface area contributed by atoms with E-state index in [1.54, 1.807) is 25.7 Å². The van der Waals surface area contributed by atoms with E-state index in [9.17, 15) is 18.0 Å². The van der Waals surface area contributed by atoms with Crippen molar-refractivity contribution in [3.05, 3.63) is 23.2 Å². The van der Waals surface area contributed by atoms with Crippen molar-refractivity contribution in [2.45, 2.75) is 38.5 Å². The Balaban J connectivity index is 2.05. The third-order valence-corrected chi connectivity index (χ3v) is 7.35. The number of likely N-dealkylation sites (tertiary alicyclic amines) is 1. The first kappa shape index (κ1) is 24.4. The highest BCUT2D eigenvalue weighted by Crippen LogP contribution is 2.30. The minimum absolute atomic E-state index is 0.0625. The van der Waals surface area contributed by atoms with E-state index < -0.39 is 10.0 Å². The van der Waals surface area contributed by atoms with Gasteiger partial charge >= 0.3 is 5.97 Å². The number of rotatable bonds is 9. The zero-order valence-electron chi connectivity index (χ0n) is 17.6. The first-order chi connectivity index (χ1) is 14.2. The van der Waals surface area contributed by atoms with Crippen LogP contribution in [0.1, 0.15) is 33.6 Å². The van der Waals surface area contributed by atoms with Gasteiger partial charge in [-0.25, -0.2) is 8.42 Å². The molecular formula is C20H29ClN2O6S. The van der Waals surface area contributed by atoms with Gasteiger partial charge in [-0.3, -0.25) is 9.59 Å². The molecule has 0 aromatic heterocycles.